The van der Waals surface area contributed by atoms with Crippen LogP contribution in [0.1, 0.15) is 33.6 Å². The van der Waals surface area contributed by atoms with Gasteiger partial charge >= 0.3 is 6.18 Å². The summed E-state index contributed by atoms with van der Waals surface area (Å²) in [5.41, 5.74) is 5.21. The third-order valence-corrected chi connectivity index (χ3v) is 3.34. The lowest BCUT2D eigenvalue weighted by molar-refractivity contribution is -0.176. The summed E-state index contributed by atoms with van der Waals surface area (Å²) in [5, 5.41) is 0. The molecule has 0 aromatic heterocycles. The summed E-state index contributed by atoms with van der Waals surface area (Å²) in [6, 6.07) is 0. The number of alkyl halides is 3. The number of halogens is 3. The number of hydrogen-bond acceptors (Lipinski definition) is 2. The second kappa shape index (κ2) is 7.93. The van der Waals surface area contributed by atoms with Crippen molar-refractivity contribution in [2.24, 2.45) is 17.6 Å². The normalized spacial score (nSPS) is 14.6. The summed E-state index contributed by atoms with van der Waals surface area (Å²) < 4.78 is 37.8. The van der Waals surface area contributed by atoms with Crippen LogP contribution in [0.4, 0.5) is 13.2 Å². The summed E-state index contributed by atoms with van der Waals surface area (Å²) in [5.74, 6) is -0.932. The largest absolute Gasteiger partial charge is 0.394 e. The maximum Gasteiger partial charge on any atom is 0.394 e. The molecule has 1 atom stereocenters. The van der Waals surface area contributed by atoms with Gasteiger partial charge in [-0.05, 0) is 12.5 Å². The van der Waals surface area contributed by atoms with Gasteiger partial charge < -0.3 is 10.6 Å². The molecule has 0 heterocycles. The highest BCUT2D eigenvalue weighted by molar-refractivity contribution is 4.74. The number of nitrogens with zero attached hydrogens (tertiary/aromatic N) is 1. The minimum atomic E-state index is -4.18. The van der Waals surface area contributed by atoms with Crippen LogP contribution in [0.25, 0.3) is 0 Å². The Morgan fingerprint density at radius 2 is 1.59 bits per heavy atom. The van der Waals surface area contributed by atoms with Crippen molar-refractivity contribution in [3.63, 3.8) is 0 Å². The molecule has 0 radical (unpaired) electrons. The summed E-state index contributed by atoms with van der Waals surface area (Å²) >= 11 is 0. The highest BCUT2D eigenvalue weighted by Gasteiger charge is 2.39. The maximum atomic E-state index is 12.6. The molecule has 1 unspecified atom stereocenters. The second-order valence-electron chi connectivity index (χ2n) is 4.51. The first-order valence-corrected chi connectivity index (χ1v) is 6.38. The van der Waals surface area contributed by atoms with Gasteiger partial charge in [-0.2, -0.15) is 13.2 Å². The van der Waals surface area contributed by atoms with E-state index in [1.165, 1.54) is 0 Å². The molecule has 17 heavy (non-hydrogen) atoms. The van der Waals surface area contributed by atoms with E-state index < -0.39 is 12.1 Å². The molecule has 0 aliphatic rings. The first kappa shape index (κ1) is 16.7. The zero-order valence-electron chi connectivity index (χ0n) is 11.1. The van der Waals surface area contributed by atoms with Gasteiger partial charge in [-0.3, -0.25) is 0 Å². The van der Waals surface area contributed by atoms with E-state index in [1.807, 2.05) is 11.8 Å². The Bertz CT molecular complexity index is 191. The molecule has 0 spiro atoms. The van der Waals surface area contributed by atoms with Crippen LogP contribution in [0.15, 0.2) is 0 Å². The van der Waals surface area contributed by atoms with Crippen LogP contribution in [0.5, 0.6) is 0 Å². The lowest BCUT2D eigenvalue weighted by Gasteiger charge is -2.29. The van der Waals surface area contributed by atoms with E-state index >= 15 is 0 Å². The second-order valence-corrected chi connectivity index (χ2v) is 4.51. The average Bonchev–Trinajstić information content (AvgIpc) is 2.28. The number of nitrogens with two attached hydrogens (primary N) is 1. The van der Waals surface area contributed by atoms with E-state index in [1.54, 1.807) is 0 Å². The molecule has 0 saturated heterocycles. The van der Waals surface area contributed by atoms with Crippen LogP contribution in [-0.2, 0) is 0 Å². The first-order chi connectivity index (χ1) is 7.88. The van der Waals surface area contributed by atoms with E-state index in [4.69, 9.17) is 5.73 Å². The average molecular weight is 254 g/mol. The van der Waals surface area contributed by atoms with Crippen molar-refractivity contribution in [2.45, 2.75) is 39.8 Å². The van der Waals surface area contributed by atoms with Gasteiger partial charge in [0, 0.05) is 19.6 Å². The Morgan fingerprint density at radius 3 is 1.88 bits per heavy atom. The first-order valence-electron chi connectivity index (χ1n) is 6.38. The van der Waals surface area contributed by atoms with Gasteiger partial charge in [0.1, 0.15) is 0 Å². The molecule has 0 bridgehead atoms. The topological polar surface area (TPSA) is 29.3 Å². The van der Waals surface area contributed by atoms with Gasteiger partial charge in [0.25, 0.3) is 0 Å². The van der Waals surface area contributed by atoms with Gasteiger partial charge in [-0.15, -0.1) is 0 Å². The third-order valence-electron chi connectivity index (χ3n) is 3.34. The van der Waals surface area contributed by atoms with Crippen LogP contribution in [0.2, 0.25) is 0 Å². The molecular formula is C12H25F3N2. The zero-order valence-corrected chi connectivity index (χ0v) is 11.1. The number of hydrogen-bond donors (Lipinski definition) is 1. The van der Waals surface area contributed by atoms with Gasteiger partial charge in [0.05, 0.1) is 5.92 Å². The lowest BCUT2D eigenvalue weighted by Crippen LogP contribution is -2.42. The quantitative estimate of drug-likeness (QED) is 0.721. The molecule has 0 amide bonds. The third kappa shape index (κ3) is 6.27. The standard InChI is InChI=1S/C12H25F3N2/c1-4-10(5-2)8-17(6-3)9-11(7-16)12(13,14)15/h10-11H,4-9,16H2,1-3H3. The molecule has 2 nitrogen and oxygen atoms in total. The highest BCUT2D eigenvalue weighted by atomic mass is 19.4. The van der Waals surface area contributed by atoms with E-state index in [2.05, 4.69) is 13.8 Å². The van der Waals surface area contributed by atoms with Crippen LogP contribution in [-0.4, -0.2) is 37.3 Å². The van der Waals surface area contributed by atoms with E-state index in [0.29, 0.717) is 12.5 Å². The molecule has 2 N–H and O–H groups in total. The van der Waals surface area contributed by atoms with Gasteiger partial charge in [0.15, 0.2) is 0 Å². The fourth-order valence-electron chi connectivity index (χ4n) is 1.87. The SMILES string of the molecule is CCC(CC)CN(CC)CC(CN)C(F)(F)F. The molecule has 0 aliphatic carbocycles. The molecule has 0 rings (SSSR count). The molecule has 0 aromatic carbocycles. The Kier molecular flexibility index (Phi) is 7.79. The molecule has 0 aliphatic heterocycles. The van der Waals surface area contributed by atoms with E-state index in [-0.39, 0.29) is 13.1 Å². The van der Waals surface area contributed by atoms with Gasteiger partial charge in [-0.1, -0.05) is 33.6 Å². The minimum Gasteiger partial charge on any atom is -0.330 e. The van der Waals surface area contributed by atoms with Crippen molar-refractivity contribution in [3.05, 3.63) is 0 Å². The smallest absolute Gasteiger partial charge is 0.330 e. The van der Waals surface area contributed by atoms with E-state index in [0.717, 1.165) is 19.4 Å². The fourth-order valence-corrected chi connectivity index (χ4v) is 1.87. The Labute approximate surface area is 102 Å². The molecule has 0 saturated carbocycles. The van der Waals surface area contributed by atoms with Crippen molar-refractivity contribution in [2.75, 3.05) is 26.2 Å². The van der Waals surface area contributed by atoms with Crippen molar-refractivity contribution in [3.8, 4) is 0 Å². The van der Waals surface area contributed by atoms with Crippen LogP contribution >= 0.6 is 0 Å². The molecule has 5 heteroatoms. The molecular weight excluding hydrogens is 229 g/mol. The highest BCUT2D eigenvalue weighted by Crippen LogP contribution is 2.26. The summed E-state index contributed by atoms with van der Waals surface area (Å²) in [6.07, 6.45) is -2.17. The number of rotatable bonds is 8. The minimum absolute atomic E-state index is 0.0208. The lowest BCUT2D eigenvalue weighted by atomic mass is 10.0. The predicted molar refractivity (Wildman–Crippen MR) is 64.8 cm³/mol. The summed E-state index contributed by atoms with van der Waals surface area (Å²) in [7, 11) is 0. The Balaban J connectivity index is 4.37. The van der Waals surface area contributed by atoms with Crippen LogP contribution < -0.4 is 5.73 Å². The van der Waals surface area contributed by atoms with Gasteiger partial charge in [0.2, 0.25) is 0 Å². The van der Waals surface area contributed by atoms with Crippen molar-refractivity contribution >= 4 is 0 Å². The Hall–Kier alpha value is -0.290. The monoisotopic (exact) mass is 254 g/mol. The molecule has 0 fully saturated rings. The van der Waals surface area contributed by atoms with Gasteiger partial charge in [-0.25, -0.2) is 0 Å². The van der Waals surface area contributed by atoms with E-state index in [9.17, 15) is 13.2 Å². The maximum absolute atomic E-state index is 12.6. The van der Waals surface area contributed by atoms with Crippen LogP contribution in [0, 0.1) is 11.8 Å². The predicted octanol–water partition coefficient (Wildman–Crippen LogP) is 2.88. The Morgan fingerprint density at radius 1 is 1.06 bits per heavy atom. The summed E-state index contributed by atoms with van der Waals surface area (Å²) in [6.45, 7) is 7.11. The van der Waals surface area contributed by atoms with Crippen molar-refractivity contribution in [1.82, 2.24) is 4.90 Å². The van der Waals surface area contributed by atoms with Crippen molar-refractivity contribution < 1.29 is 13.2 Å². The molecule has 104 valence electrons. The summed E-state index contributed by atoms with van der Waals surface area (Å²) in [4.78, 5) is 1.86. The van der Waals surface area contributed by atoms with Crippen molar-refractivity contribution in [1.29, 1.82) is 0 Å². The fraction of sp³-hybridized carbons (Fsp3) is 1.00. The van der Waals surface area contributed by atoms with Crippen LogP contribution in [0.3, 0.4) is 0 Å². The zero-order chi connectivity index (χ0) is 13.5. The molecule has 0 aromatic rings.